The number of aromatic nitrogens is 1. The quantitative estimate of drug-likeness (QED) is 0.549. The Morgan fingerprint density at radius 2 is 1.79 bits per heavy atom. The number of methoxy groups -OCH3 is 1. The van der Waals surface area contributed by atoms with Gasteiger partial charge in [-0.15, -0.1) is 0 Å². The summed E-state index contributed by atoms with van der Waals surface area (Å²) >= 11 is 0. The summed E-state index contributed by atoms with van der Waals surface area (Å²) in [5.74, 6) is 0.665. The maximum absolute atomic E-state index is 13.0. The van der Waals surface area contributed by atoms with Crippen LogP contribution in [0, 0.1) is 6.92 Å². The summed E-state index contributed by atoms with van der Waals surface area (Å²) in [6.07, 6.45) is 3.55. The molecule has 8 heteroatoms. The van der Waals surface area contributed by atoms with Gasteiger partial charge < -0.3 is 9.64 Å². The lowest BCUT2D eigenvalue weighted by atomic mass is 10.1. The third-order valence-electron chi connectivity index (χ3n) is 6.09. The van der Waals surface area contributed by atoms with Crippen LogP contribution in [0.25, 0.3) is 0 Å². The molecule has 0 bridgehead atoms. The number of benzene rings is 2. The van der Waals surface area contributed by atoms with Gasteiger partial charge in [0.05, 0.1) is 18.0 Å². The third-order valence-corrected chi connectivity index (χ3v) is 7.51. The van der Waals surface area contributed by atoms with Gasteiger partial charge in [0.15, 0.2) is 0 Å². The molecule has 1 aliphatic heterocycles. The standard InChI is InChI=1S/C25H30N4O3S/c1-20-17-23(10-11-25(20)32-2)33(30,31)27-19-24(21-7-6-12-26-18-21)29-15-13-28(14-16-29)22-8-4-3-5-9-22/h3-12,17-18,24,27H,13-16,19H2,1-2H3/t24-/m0/s1. The summed E-state index contributed by atoms with van der Waals surface area (Å²) in [5, 5.41) is 0. The van der Waals surface area contributed by atoms with Crippen LogP contribution in [0.15, 0.2) is 78.0 Å². The van der Waals surface area contributed by atoms with Gasteiger partial charge in [0.2, 0.25) is 10.0 Å². The molecule has 0 amide bonds. The van der Waals surface area contributed by atoms with E-state index in [9.17, 15) is 8.42 Å². The summed E-state index contributed by atoms with van der Waals surface area (Å²) in [7, 11) is -2.09. The minimum absolute atomic E-state index is 0.106. The molecule has 7 nitrogen and oxygen atoms in total. The normalized spacial score (nSPS) is 15.9. The first-order valence-electron chi connectivity index (χ1n) is 11.1. The van der Waals surface area contributed by atoms with Crippen LogP contribution in [0.4, 0.5) is 5.69 Å². The number of piperazine rings is 1. The lowest BCUT2D eigenvalue weighted by molar-refractivity contribution is 0.186. The zero-order chi connectivity index (χ0) is 23.3. The van der Waals surface area contributed by atoms with Crippen molar-refractivity contribution in [1.29, 1.82) is 0 Å². The molecule has 4 rings (SSSR count). The monoisotopic (exact) mass is 466 g/mol. The lowest BCUT2D eigenvalue weighted by Crippen LogP contribution is -2.49. The molecule has 1 aliphatic rings. The first-order chi connectivity index (χ1) is 16.0. The number of para-hydroxylation sites is 1. The van der Waals surface area contributed by atoms with Gasteiger partial charge in [0.1, 0.15) is 5.75 Å². The SMILES string of the molecule is COc1ccc(S(=O)(=O)NC[C@@H](c2cccnc2)N2CCN(c3ccccc3)CC2)cc1C. The Hall–Kier alpha value is -2.94. The fraction of sp³-hybridized carbons (Fsp3) is 0.320. The second kappa shape index (κ2) is 10.3. The average Bonchev–Trinajstić information content (AvgIpc) is 2.85. The summed E-state index contributed by atoms with van der Waals surface area (Å²) in [6.45, 7) is 5.53. The molecule has 1 fully saturated rings. The van der Waals surface area contributed by atoms with Crippen molar-refractivity contribution in [3.63, 3.8) is 0 Å². The highest BCUT2D eigenvalue weighted by Gasteiger charge is 2.27. The van der Waals surface area contributed by atoms with E-state index in [4.69, 9.17) is 4.74 Å². The van der Waals surface area contributed by atoms with Gasteiger partial charge in [-0.25, -0.2) is 13.1 Å². The molecule has 1 atom stereocenters. The molecule has 3 aromatic rings. The molecule has 1 saturated heterocycles. The van der Waals surface area contributed by atoms with Crippen molar-refractivity contribution in [3.8, 4) is 5.75 Å². The smallest absolute Gasteiger partial charge is 0.240 e. The molecule has 2 aromatic carbocycles. The predicted molar refractivity (Wildman–Crippen MR) is 130 cm³/mol. The lowest BCUT2D eigenvalue weighted by Gasteiger charge is -2.40. The van der Waals surface area contributed by atoms with Crippen LogP contribution in [-0.4, -0.2) is 58.1 Å². The molecule has 1 aromatic heterocycles. The highest BCUT2D eigenvalue weighted by Crippen LogP contribution is 2.25. The fourth-order valence-electron chi connectivity index (χ4n) is 4.25. The Morgan fingerprint density at radius 3 is 2.42 bits per heavy atom. The number of pyridine rings is 1. The fourth-order valence-corrected chi connectivity index (χ4v) is 5.37. The van der Waals surface area contributed by atoms with Crippen LogP contribution in [0.1, 0.15) is 17.2 Å². The van der Waals surface area contributed by atoms with Crippen LogP contribution in [0.2, 0.25) is 0 Å². The number of ether oxygens (including phenoxy) is 1. The van der Waals surface area contributed by atoms with Crippen molar-refractivity contribution in [2.75, 3.05) is 44.7 Å². The Labute approximate surface area is 196 Å². The molecule has 0 saturated carbocycles. The van der Waals surface area contributed by atoms with Crippen LogP contribution in [-0.2, 0) is 10.0 Å². The van der Waals surface area contributed by atoms with E-state index in [2.05, 4.69) is 43.8 Å². The van der Waals surface area contributed by atoms with Crippen LogP contribution in [0.3, 0.4) is 0 Å². The minimum Gasteiger partial charge on any atom is -0.496 e. The van der Waals surface area contributed by atoms with Crippen molar-refractivity contribution in [1.82, 2.24) is 14.6 Å². The molecule has 1 N–H and O–H groups in total. The highest BCUT2D eigenvalue weighted by atomic mass is 32.2. The van der Waals surface area contributed by atoms with E-state index in [-0.39, 0.29) is 17.5 Å². The van der Waals surface area contributed by atoms with E-state index in [1.165, 1.54) is 5.69 Å². The second-order valence-electron chi connectivity index (χ2n) is 8.14. The molecule has 0 spiro atoms. The zero-order valence-corrected chi connectivity index (χ0v) is 19.8. The van der Waals surface area contributed by atoms with Gasteiger partial charge >= 0.3 is 0 Å². The molecule has 33 heavy (non-hydrogen) atoms. The first-order valence-corrected chi connectivity index (χ1v) is 12.5. The van der Waals surface area contributed by atoms with Crippen molar-refractivity contribution in [2.45, 2.75) is 17.9 Å². The van der Waals surface area contributed by atoms with Crippen molar-refractivity contribution >= 4 is 15.7 Å². The van der Waals surface area contributed by atoms with Crippen LogP contribution >= 0.6 is 0 Å². The van der Waals surface area contributed by atoms with E-state index in [0.29, 0.717) is 5.75 Å². The Balaban J connectivity index is 1.48. The van der Waals surface area contributed by atoms with Gasteiger partial charge in [0.25, 0.3) is 0 Å². The molecular weight excluding hydrogens is 436 g/mol. The van der Waals surface area contributed by atoms with Gasteiger partial charge in [-0.1, -0.05) is 24.3 Å². The number of hydrogen-bond acceptors (Lipinski definition) is 6. The van der Waals surface area contributed by atoms with Crippen LogP contribution in [0.5, 0.6) is 5.75 Å². The average molecular weight is 467 g/mol. The number of anilines is 1. The van der Waals surface area contributed by atoms with Crippen molar-refractivity contribution in [3.05, 3.63) is 84.2 Å². The number of nitrogens with one attached hydrogen (secondary N) is 1. The van der Waals surface area contributed by atoms with Crippen LogP contribution < -0.4 is 14.4 Å². The number of hydrogen-bond donors (Lipinski definition) is 1. The molecule has 2 heterocycles. The largest absolute Gasteiger partial charge is 0.496 e. The first kappa shape index (κ1) is 23.2. The molecule has 174 valence electrons. The topological polar surface area (TPSA) is 74.8 Å². The van der Waals surface area contributed by atoms with Gasteiger partial charge in [-0.05, 0) is 54.4 Å². The van der Waals surface area contributed by atoms with Gasteiger partial charge in [-0.2, -0.15) is 0 Å². The Kier molecular flexibility index (Phi) is 7.27. The Bertz CT molecular complexity index is 1150. The van der Waals surface area contributed by atoms with E-state index < -0.39 is 10.0 Å². The highest BCUT2D eigenvalue weighted by molar-refractivity contribution is 7.89. The van der Waals surface area contributed by atoms with E-state index in [1.54, 1.807) is 31.5 Å². The molecule has 0 aliphatic carbocycles. The predicted octanol–water partition coefficient (Wildman–Crippen LogP) is 3.24. The van der Waals surface area contributed by atoms with E-state index >= 15 is 0 Å². The number of nitrogens with zero attached hydrogens (tertiary/aromatic N) is 3. The summed E-state index contributed by atoms with van der Waals surface area (Å²) < 4.78 is 34.2. The maximum Gasteiger partial charge on any atom is 0.240 e. The molecular formula is C25H30N4O3S. The van der Waals surface area contributed by atoms with E-state index in [1.807, 2.05) is 31.3 Å². The van der Waals surface area contributed by atoms with E-state index in [0.717, 1.165) is 37.3 Å². The number of aryl methyl sites for hydroxylation is 1. The Morgan fingerprint density at radius 1 is 1.03 bits per heavy atom. The minimum atomic E-state index is -3.67. The van der Waals surface area contributed by atoms with Crippen molar-refractivity contribution in [2.24, 2.45) is 0 Å². The molecule has 0 radical (unpaired) electrons. The third kappa shape index (κ3) is 5.52. The maximum atomic E-state index is 13.0. The second-order valence-corrected chi connectivity index (χ2v) is 9.91. The summed E-state index contributed by atoms with van der Waals surface area (Å²) in [5.41, 5.74) is 2.99. The summed E-state index contributed by atoms with van der Waals surface area (Å²) in [6, 6.07) is 19.1. The number of sulfonamides is 1. The van der Waals surface area contributed by atoms with Gasteiger partial charge in [0, 0.05) is 50.8 Å². The zero-order valence-electron chi connectivity index (χ0n) is 19.0. The summed E-state index contributed by atoms with van der Waals surface area (Å²) in [4.78, 5) is 9.20. The van der Waals surface area contributed by atoms with Crippen molar-refractivity contribution < 1.29 is 13.2 Å². The molecule has 0 unspecified atom stereocenters. The number of rotatable bonds is 8. The van der Waals surface area contributed by atoms with Gasteiger partial charge in [-0.3, -0.25) is 9.88 Å².